The largest absolute Gasteiger partial charge is 0.455 e. The number of carbonyl (C=O) groups is 4. The zero-order valence-electron chi connectivity index (χ0n) is 17.6. The van der Waals surface area contributed by atoms with Gasteiger partial charge in [0, 0.05) is 33.1 Å². The van der Waals surface area contributed by atoms with Gasteiger partial charge in [-0.05, 0) is 31.2 Å². The maximum absolute atomic E-state index is 13.1. The van der Waals surface area contributed by atoms with Gasteiger partial charge >= 0.3 is 5.97 Å². The molecule has 2 aliphatic rings. The van der Waals surface area contributed by atoms with Gasteiger partial charge in [-0.15, -0.1) is 0 Å². The average molecular weight is 415 g/mol. The third-order valence-corrected chi connectivity index (χ3v) is 5.86. The highest BCUT2D eigenvalue weighted by Gasteiger charge is 2.45. The summed E-state index contributed by atoms with van der Waals surface area (Å²) in [5.41, 5.74) is -0.0714. The van der Waals surface area contributed by atoms with Gasteiger partial charge < -0.3 is 19.9 Å². The van der Waals surface area contributed by atoms with E-state index in [0.717, 1.165) is 18.4 Å². The number of ether oxygens (including phenoxy) is 1. The van der Waals surface area contributed by atoms with Crippen LogP contribution in [0.3, 0.4) is 0 Å². The maximum atomic E-state index is 13.1. The van der Waals surface area contributed by atoms with Crippen LogP contribution in [0.5, 0.6) is 0 Å². The fourth-order valence-electron chi connectivity index (χ4n) is 3.75. The Morgan fingerprint density at radius 2 is 1.77 bits per heavy atom. The van der Waals surface area contributed by atoms with Crippen molar-refractivity contribution in [1.82, 2.24) is 15.1 Å². The minimum atomic E-state index is -0.893. The lowest BCUT2D eigenvalue weighted by Crippen LogP contribution is -2.50. The standard InChI is InChI=1S/C22H29N3O5/c1-16(26)25-12-10-22(11-13-25,17-6-4-3-5-7-17)21(29)30-15-20(28)24(2)14-19(27)23-18-8-9-18/h3-7,18H,8-15H2,1-2H3,(H,23,27). The second-order valence-corrected chi connectivity index (χ2v) is 8.12. The van der Waals surface area contributed by atoms with E-state index in [0.29, 0.717) is 25.9 Å². The molecule has 1 N–H and O–H groups in total. The van der Waals surface area contributed by atoms with Gasteiger partial charge in [0.15, 0.2) is 6.61 Å². The number of benzene rings is 1. The molecule has 162 valence electrons. The highest BCUT2D eigenvalue weighted by Crippen LogP contribution is 2.37. The normalized spacial score (nSPS) is 17.7. The van der Waals surface area contributed by atoms with Crippen molar-refractivity contribution >= 4 is 23.7 Å². The number of esters is 1. The first kappa shape index (κ1) is 21.8. The number of hydrogen-bond acceptors (Lipinski definition) is 5. The van der Waals surface area contributed by atoms with E-state index >= 15 is 0 Å². The first-order valence-electron chi connectivity index (χ1n) is 10.3. The maximum Gasteiger partial charge on any atom is 0.317 e. The van der Waals surface area contributed by atoms with Gasteiger partial charge in [0.2, 0.25) is 11.8 Å². The molecular weight excluding hydrogens is 386 g/mol. The SMILES string of the molecule is CC(=O)N1CCC(C(=O)OCC(=O)N(C)CC(=O)NC2CC2)(c2ccccc2)CC1. The van der Waals surface area contributed by atoms with Gasteiger partial charge in [0.1, 0.15) is 0 Å². The smallest absolute Gasteiger partial charge is 0.317 e. The molecule has 3 amide bonds. The Morgan fingerprint density at radius 1 is 1.13 bits per heavy atom. The van der Waals surface area contributed by atoms with E-state index in [1.807, 2.05) is 30.3 Å². The van der Waals surface area contributed by atoms with Gasteiger partial charge in [0.25, 0.3) is 5.91 Å². The number of likely N-dealkylation sites (tertiary alicyclic amines) is 1. The predicted octanol–water partition coefficient (Wildman–Crippen LogP) is 0.847. The third kappa shape index (κ3) is 5.17. The van der Waals surface area contributed by atoms with Crippen LogP contribution in [-0.2, 0) is 29.3 Å². The number of rotatable bonds is 7. The second-order valence-electron chi connectivity index (χ2n) is 8.12. The van der Waals surface area contributed by atoms with Crippen LogP contribution in [0.15, 0.2) is 30.3 Å². The number of carbonyl (C=O) groups excluding carboxylic acids is 4. The summed E-state index contributed by atoms with van der Waals surface area (Å²) < 4.78 is 5.43. The number of hydrogen-bond donors (Lipinski definition) is 1. The summed E-state index contributed by atoms with van der Waals surface area (Å²) >= 11 is 0. The van der Waals surface area contributed by atoms with E-state index in [2.05, 4.69) is 5.32 Å². The van der Waals surface area contributed by atoms with Crippen molar-refractivity contribution in [2.45, 2.75) is 44.1 Å². The molecule has 1 aromatic rings. The fourth-order valence-corrected chi connectivity index (χ4v) is 3.75. The van der Waals surface area contributed by atoms with Gasteiger partial charge in [-0.3, -0.25) is 19.2 Å². The molecule has 8 nitrogen and oxygen atoms in total. The first-order chi connectivity index (χ1) is 14.3. The Kier molecular flexibility index (Phi) is 6.74. The van der Waals surface area contributed by atoms with Crippen LogP contribution < -0.4 is 5.32 Å². The highest BCUT2D eigenvalue weighted by atomic mass is 16.5. The van der Waals surface area contributed by atoms with Crippen molar-refractivity contribution in [3.63, 3.8) is 0 Å². The molecule has 1 aliphatic carbocycles. The summed E-state index contributed by atoms with van der Waals surface area (Å²) in [6, 6.07) is 9.57. The van der Waals surface area contributed by atoms with Crippen molar-refractivity contribution in [1.29, 1.82) is 0 Å². The highest BCUT2D eigenvalue weighted by molar-refractivity contribution is 5.89. The van der Waals surface area contributed by atoms with Gasteiger partial charge in [0.05, 0.1) is 12.0 Å². The van der Waals surface area contributed by atoms with Crippen LogP contribution in [0.1, 0.15) is 38.2 Å². The summed E-state index contributed by atoms with van der Waals surface area (Å²) in [4.78, 5) is 52.0. The van der Waals surface area contributed by atoms with Gasteiger partial charge in [-0.2, -0.15) is 0 Å². The summed E-state index contributed by atoms with van der Waals surface area (Å²) in [6.07, 6.45) is 2.82. The Morgan fingerprint density at radius 3 is 2.33 bits per heavy atom. The topological polar surface area (TPSA) is 96.0 Å². The van der Waals surface area contributed by atoms with Crippen molar-refractivity contribution in [2.24, 2.45) is 0 Å². The lowest BCUT2D eigenvalue weighted by molar-refractivity contribution is -0.159. The summed E-state index contributed by atoms with van der Waals surface area (Å²) in [6.45, 7) is 1.94. The number of nitrogens with zero attached hydrogens (tertiary/aromatic N) is 2. The molecular formula is C22H29N3O5. The third-order valence-electron chi connectivity index (χ3n) is 5.86. The molecule has 0 bridgehead atoms. The van der Waals surface area contributed by atoms with Crippen LogP contribution in [0.25, 0.3) is 0 Å². The zero-order chi connectivity index (χ0) is 21.7. The molecule has 1 aliphatic heterocycles. The quantitative estimate of drug-likeness (QED) is 0.666. The van der Waals surface area contributed by atoms with E-state index < -0.39 is 23.9 Å². The van der Waals surface area contributed by atoms with Crippen LogP contribution in [0.2, 0.25) is 0 Å². The minimum absolute atomic E-state index is 0.0219. The van der Waals surface area contributed by atoms with Gasteiger partial charge in [-0.25, -0.2) is 0 Å². The first-order valence-corrected chi connectivity index (χ1v) is 10.3. The van der Waals surface area contributed by atoms with Crippen molar-refractivity contribution in [3.05, 3.63) is 35.9 Å². The molecule has 1 heterocycles. The van der Waals surface area contributed by atoms with Crippen molar-refractivity contribution in [2.75, 3.05) is 33.3 Å². The minimum Gasteiger partial charge on any atom is -0.455 e. The molecule has 2 fully saturated rings. The molecule has 0 spiro atoms. The zero-order valence-corrected chi connectivity index (χ0v) is 17.6. The summed E-state index contributed by atoms with van der Waals surface area (Å²) in [5, 5.41) is 2.82. The van der Waals surface area contributed by atoms with Crippen LogP contribution >= 0.6 is 0 Å². The summed E-state index contributed by atoms with van der Waals surface area (Å²) in [5.74, 6) is -1.14. The number of nitrogens with one attached hydrogen (secondary N) is 1. The summed E-state index contributed by atoms with van der Waals surface area (Å²) in [7, 11) is 1.51. The lowest BCUT2D eigenvalue weighted by atomic mass is 9.72. The van der Waals surface area contributed by atoms with Crippen LogP contribution in [0, 0.1) is 0 Å². The predicted molar refractivity (Wildman–Crippen MR) is 109 cm³/mol. The van der Waals surface area contributed by atoms with Crippen molar-refractivity contribution < 1.29 is 23.9 Å². The molecule has 1 aromatic carbocycles. The molecule has 0 unspecified atom stereocenters. The molecule has 0 aromatic heterocycles. The Hall–Kier alpha value is -2.90. The van der Waals surface area contributed by atoms with Gasteiger partial charge in [-0.1, -0.05) is 30.3 Å². The molecule has 1 saturated heterocycles. The molecule has 0 radical (unpaired) electrons. The van der Waals surface area contributed by atoms with E-state index in [-0.39, 0.29) is 24.4 Å². The average Bonchev–Trinajstić information content (AvgIpc) is 3.56. The van der Waals surface area contributed by atoms with Crippen LogP contribution in [0.4, 0.5) is 0 Å². The Bertz CT molecular complexity index is 798. The van der Waals surface area contributed by atoms with Crippen molar-refractivity contribution in [3.8, 4) is 0 Å². The molecule has 30 heavy (non-hydrogen) atoms. The number of amides is 3. The van der Waals surface area contributed by atoms with E-state index in [4.69, 9.17) is 4.74 Å². The molecule has 0 atom stereocenters. The Balaban J connectivity index is 1.61. The lowest BCUT2D eigenvalue weighted by Gasteiger charge is -2.40. The molecule has 8 heteroatoms. The van der Waals surface area contributed by atoms with E-state index in [1.165, 1.54) is 18.9 Å². The Labute approximate surface area is 176 Å². The molecule has 3 rings (SSSR count). The number of likely N-dealkylation sites (N-methyl/N-ethyl adjacent to an activating group) is 1. The van der Waals surface area contributed by atoms with E-state index in [9.17, 15) is 19.2 Å². The van der Waals surface area contributed by atoms with E-state index in [1.54, 1.807) is 4.90 Å². The second kappa shape index (κ2) is 9.28. The number of piperidine rings is 1. The molecule has 1 saturated carbocycles. The fraction of sp³-hybridized carbons (Fsp3) is 0.545. The van der Waals surface area contributed by atoms with Crippen LogP contribution in [-0.4, -0.2) is 72.8 Å². The monoisotopic (exact) mass is 415 g/mol.